The van der Waals surface area contributed by atoms with E-state index in [2.05, 4.69) is 8.75 Å². The highest BCUT2D eigenvalue weighted by Gasteiger charge is 2.07. The Hall–Kier alpha value is -1.33. The summed E-state index contributed by atoms with van der Waals surface area (Å²) in [5, 5.41) is 0.274. The van der Waals surface area contributed by atoms with E-state index in [-0.39, 0.29) is 5.15 Å². The Morgan fingerprint density at radius 1 is 1.13 bits per heavy atom. The minimum absolute atomic E-state index is 0.274. The van der Waals surface area contributed by atoms with Crippen LogP contribution in [0.3, 0.4) is 0 Å². The minimum Gasteiger partial charge on any atom is -0.497 e. The SMILES string of the molecule is COc1ccc(Oc2nsnc2Cl)cc1. The first-order valence-electron chi connectivity index (χ1n) is 4.09. The molecule has 2 aromatic rings. The Morgan fingerprint density at radius 3 is 2.33 bits per heavy atom. The van der Waals surface area contributed by atoms with Gasteiger partial charge in [-0.1, -0.05) is 11.6 Å². The maximum Gasteiger partial charge on any atom is 0.270 e. The zero-order valence-electron chi connectivity index (χ0n) is 7.81. The number of hydrogen-bond donors (Lipinski definition) is 0. The first-order valence-corrected chi connectivity index (χ1v) is 5.20. The Labute approximate surface area is 95.7 Å². The minimum atomic E-state index is 0.274. The Balaban J connectivity index is 2.14. The van der Waals surface area contributed by atoms with Crippen LogP contribution >= 0.6 is 23.3 Å². The summed E-state index contributed by atoms with van der Waals surface area (Å²) in [7, 11) is 1.61. The van der Waals surface area contributed by atoms with Crippen molar-refractivity contribution in [2.45, 2.75) is 0 Å². The number of rotatable bonds is 3. The molecule has 0 unspecified atom stereocenters. The highest BCUT2D eigenvalue weighted by atomic mass is 35.5. The molecule has 1 aromatic carbocycles. The predicted molar refractivity (Wildman–Crippen MR) is 58.0 cm³/mol. The average molecular weight is 243 g/mol. The number of halogens is 1. The maximum atomic E-state index is 5.74. The van der Waals surface area contributed by atoms with Gasteiger partial charge in [-0.25, -0.2) is 0 Å². The van der Waals surface area contributed by atoms with Gasteiger partial charge >= 0.3 is 0 Å². The molecule has 1 aromatic heterocycles. The number of benzene rings is 1. The highest BCUT2D eigenvalue weighted by Crippen LogP contribution is 2.27. The molecule has 0 atom stereocenters. The smallest absolute Gasteiger partial charge is 0.270 e. The van der Waals surface area contributed by atoms with Gasteiger partial charge in [0.2, 0.25) is 5.15 Å². The quantitative estimate of drug-likeness (QED) is 0.830. The molecule has 0 saturated heterocycles. The molecule has 4 nitrogen and oxygen atoms in total. The van der Waals surface area contributed by atoms with Crippen molar-refractivity contribution in [3.63, 3.8) is 0 Å². The van der Waals surface area contributed by atoms with Crippen LogP contribution in [0, 0.1) is 0 Å². The number of hydrogen-bond acceptors (Lipinski definition) is 5. The molecule has 0 fully saturated rings. The van der Waals surface area contributed by atoms with E-state index in [9.17, 15) is 0 Å². The van der Waals surface area contributed by atoms with Crippen LogP contribution < -0.4 is 9.47 Å². The van der Waals surface area contributed by atoms with Crippen LogP contribution in [-0.4, -0.2) is 15.9 Å². The molecule has 0 aliphatic heterocycles. The van der Waals surface area contributed by atoms with Crippen LogP contribution in [-0.2, 0) is 0 Å². The lowest BCUT2D eigenvalue weighted by atomic mass is 10.3. The summed E-state index contributed by atoms with van der Waals surface area (Å²) in [6.45, 7) is 0. The topological polar surface area (TPSA) is 44.2 Å². The second kappa shape index (κ2) is 4.46. The molecule has 0 radical (unpaired) electrons. The number of ether oxygens (including phenoxy) is 2. The second-order valence-electron chi connectivity index (χ2n) is 2.64. The van der Waals surface area contributed by atoms with Crippen molar-refractivity contribution in [3.8, 4) is 17.4 Å². The molecule has 6 heteroatoms. The summed E-state index contributed by atoms with van der Waals surface area (Å²) >= 11 is 6.75. The number of aromatic nitrogens is 2. The molecule has 2 rings (SSSR count). The molecular formula is C9H7ClN2O2S. The van der Waals surface area contributed by atoms with E-state index in [1.807, 2.05) is 0 Å². The van der Waals surface area contributed by atoms with Crippen molar-refractivity contribution in [2.24, 2.45) is 0 Å². The predicted octanol–water partition coefficient (Wildman–Crippen LogP) is 2.99. The summed E-state index contributed by atoms with van der Waals surface area (Å²) in [4.78, 5) is 0. The number of nitrogens with zero attached hydrogens (tertiary/aromatic N) is 2. The van der Waals surface area contributed by atoms with Gasteiger partial charge < -0.3 is 9.47 Å². The molecule has 78 valence electrons. The van der Waals surface area contributed by atoms with Crippen molar-refractivity contribution in [1.82, 2.24) is 8.75 Å². The fourth-order valence-corrected chi connectivity index (χ4v) is 1.60. The van der Waals surface area contributed by atoms with Crippen LogP contribution in [0.5, 0.6) is 17.4 Å². The fraction of sp³-hybridized carbons (Fsp3) is 0.111. The Bertz CT molecular complexity index is 444. The summed E-state index contributed by atoms with van der Waals surface area (Å²) in [5.74, 6) is 1.74. The summed E-state index contributed by atoms with van der Waals surface area (Å²) in [6, 6.07) is 7.13. The lowest BCUT2D eigenvalue weighted by Crippen LogP contribution is -1.86. The lowest BCUT2D eigenvalue weighted by Gasteiger charge is -2.03. The van der Waals surface area contributed by atoms with Gasteiger partial charge in [0.25, 0.3) is 5.88 Å². The van der Waals surface area contributed by atoms with Gasteiger partial charge in [-0.05, 0) is 24.3 Å². The van der Waals surface area contributed by atoms with Crippen molar-refractivity contribution in [1.29, 1.82) is 0 Å². The largest absolute Gasteiger partial charge is 0.497 e. The second-order valence-corrected chi connectivity index (χ2v) is 3.52. The van der Waals surface area contributed by atoms with Gasteiger partial charge in [0.1, 0.15) is 11.5 Å². The summed E-state index contributed by atoms with van der Waals surface area (Å²) in [5.41, 5.74) is 0. The van der Waals surface area contributed by atoms with E-state index in [0.29, 0.717) is 11.6 Å². The van der Waals surface area contributed by atoms with Crippen molar-refractivity contribution in [3.05, 3.63) is 29.4 Å². The zero-order valence-corrected chi connectivity index (χ0v) is 9.38. The maximum absolute atomic E-state index is 5.74. The van der Waals surface area contributed by atoms with E-state index in [1.165, 1.54) is 0 Å². The van der Waals surface area contributed by atoms with Crippen LogP contribution in [0.4, 0.5) is 0 Å². The third-order valence-corrected chi connectivity index (χ3v) is 2.55. The van der Waals surface area contributed by atoms with E-state index in [4.69, 9.17) is 21.1 Å². The van der Waals surface area contributed by atoms with Gasteiger partial charge in [-0.3, -0.25) is 0 Å². The molecule has 0 amide bonds. The highest BCUT2D eigenvalue weighted by molar-refractivity contribution is 6.99. The van der Waals surface area contributed by atoms with Crippen LogP contribution in [0.2, 0.25) is 5.15 Å². The Kier molecular flexibility index (Phi) is 3.03. The molecule has 0 aliphatic carbocycles. The molecule has 15 heavy (non-hydrogen) atoms. The zero-order chi connectivity index (χ0) is 10.7. The fourth-order valence-electron chi connectivity index (χ4n) is 0.986. The van der Waals surface area contributed by atoms with Gasteiger partial charge in [-0.2, -0.15) is 4.37 Å². The standard InChI is InChI=1S/C9H7ClN2O2S/c1-13-6-2-4-7(5-3-6)14-9-8(10)11-15-12-9/h2-5H,1H3. The third-order valence-electron chi connectivity index (χ3n) is 1.70. The van der Waals surface area contributed by atoms with E-state index < -0.39 is 0 Å². The van der Waals surface area contributed by atoms with Crippen molar-refractivity contribution >= 4 is 23.3 Å². The monoisotopic (exact) mass is 242 g/mol. The molecular weight excluding hydrogens is 236 g/mol. The first kappa shape index (κ1) is 10.2. The molecule has 0 aliphatic rings. The van der Waals surface area contributed by atoms with E-state index in [1.54, 1.807) is 31.4 Å². The van der Waals surface area contributed by atoms with Crippen LogP contribution in [0.1, 0.15) is 0 Å². The molecule has 0 spiro atoms. The third kappa shape index (κ3) is 2.37. The van der Waals surface area contributed by atoms with E-state index >= 15 is 0 Å². The van der Waals surface area contributed by atoms with Crippen LogP contribution in [0.15, 0.2) is 24.3 Å². The first-order chi connectivity index (χ1) is 7.29. The molecule has 0 saturated carbocycles. The molecule has 0 N–H and O–H groups in total. The van der Waals surface area contributed by atoms with Gasteiger partial charge in [0.15, 0.2) is 0 Å². The van der Waals surface area contributed by atoms with Gasteiger partial charge in [0, 0.05) is 0 Å². The van der Waals surface area contributed by atoms with Gasteiger partial charge in [-0.15, -0.1) is 4.37 Å². The van der Waals surface area contributed by atoms with E-state index in [0.717, 1.165) is 17.5 Å². The summed E-state index contributed by atoms with van der Waals surface area (Å²) in [6.07, 6.45) is 0. The van der Waals surface area contributed by atoms with Crippen molar-refractivity contribution in [2.75, 3.05) is 7.11 Å². The molecule has 1 heterocycles. The Morgan fingerprint density at radius 2 is 1.80 bits per heavy atom. The lowest BCUT2D eigenvalue weighted by molar-refractivity contribution is 0.412. The number of methoxy groups -OCH3 is 1. The average Bonchev–Trinajstić information content (AvgIpc) is 2.66. The van der Waals surface area contributed by atoms with Crippen molar-refractivity contribution < 1.29 is 9.47 Å². The molecule has 0 bridgehead atoms. The van der Waals surface area contributed by atoms with Crippen LogP contribution in [0.25, 0.3) is 0 Å². The summed E-state index contributed by atoms with van der Waals surface area (Å²) < 4.78 is 18.1. The normalized spacial score (nSPS) is 10.0. The van der Waals surface area contributed by atoms with Gasteiger partial charge in [0.05, 0.1) is 18.8 Å².